The lowest BCUT2D eigenvalue weighted by molar-refractivity contribution is 0.102. The maximum Gasteiger partial charge on any atom is 0.275 e. The number of carbonyl (C=O) groups is 1. The van der Waals surface area contributed by atoms with Gasteiger partial charge in [0.1, 0.15) is 22.7 Å². The van der Waals surface area contributed by atoms with Crippen LogP contribution in [-0.4, -0.2) is 20.4 Å². The van der Waals surface area contributed by atoms with Crippen LogP contribution in [0.5, 0.6) is 11.5 Å². The number of para-hydroxylation sites is 1. The summed E-state index contributed by atoms with van der Waals surface area (Å²) in [6.07, 6.45) is 3.34. The van der Waals surface area contributed by atoms with E-state index in [0.29, 0.717) is 17.1 Å². The highest BCUT2D eigenvalue weighted by Gasteiger charge is 2.12. The number of hydrogen-bond donors (Lipinski definition) is 1. The zero-order chi connectivity index (χ0) is 18.8. The molecule has 0 aliphatic rings. The summed E-state index contributed by atoms with van der Waals surface area (Å²) < 4.78 is 7.75. The van der Waals surface area contributed by atoms with E-state index in [1.165, 1.54) is 6.20 Å². The van der Waals surface area contributed by atoms with Crippen LogP contribution < -0.4 is 10.1 Å². The minimum Gasteiger partial charge on any atom is -0.457 e. The van der Waals surface area contributed by atoms with E-state index in [9.17, 15) is 4.79 Å². The van der Waals surface area contributed by atoms with Crippen molar-refractivity contribution in [2.45, 2.75) is 6.92 Å². The van der Waals surface area contributed by atoms with Crippen LogP contribution in [0.1, 0.15) is 16.1 Å². The van der Waals surface area contributed by atoms with Crippen molar-refractivity contribution in [2.75, 3.05) is 5.32 Å². The number of hydrogen-bond acceptors (Lipinski definition) is 4. The summed E-state index contributed by atoms with van der Waals surface area (Å²) in [4.78, 5) is 21.3. The highest BCUT2D eigenvalue weighted by molar-refractivity contribution is 6.03. The molecule has 2 aromatic carbocycles. The maximum atomic E-state index is 12.6. The maximum absolute atomic E-state index is 12.6. The number of rotatable bonds is 4. The number of ether oxygens (including phenoxy) is 1. The topological polar surface area (TPSA) is 69.0 Å². The summed E-state index contributed by atoms with van der Waals surface area (Å²) in [6.45, 7) is 1.96. The van der Waals surface area contributed by atoms with E-state index in [4.69, 9.17) is 4.74 Å². The van der Waals surface area contributed by atoms with Gasteiger partial charge in [0.25, 0.3) is 5.91 Å². The van der Waals surface area contributed by atoms with Crippen LogP contribution in [0.2, 0.25) is 0 Å². The molecule has 0 saturated heterocycles. The standard InChI is InChI=1S/C21H18N4O2/c1-14-8-9-15(12-19(14)27-16-6-4-3-5-7-16)23-21(26)18-13-22-17-10-11-25(2)20(17)24-18/h3-13H,1-2H3,(H,23,26). The monoisotopic (exact) mass is 358 g/mol. The average molecular weight is 358 g/mol. The fraction of sp³-hybridized carbons (Fsp3) is 0.0952. The van der Waals surface area contributed by atoms with E-state index < -0.39 is 0 Å². The van der Waals surface area contributed by atoms with Crippen molar-refractivity contribution in [3.63, 3.8) is 0 Å². The number of amides is 1. The number of nitrogens with one attached hydrogen (secondary N) is 1. The molecular weight excluding hydrogens is 340 g/mol. The van der Waals surface area contributed by atoms with Gasteiger partial charge in [0, 0.05) is 25.0 Å². The molecule has 6 nitrogen and oxygen atoms in total. The molecule has 4 aromatic rings. The Kier molecular flexibility index (Phi) is 4.30. The first-order chi connectivity index (χ1) is 13.1. The van der Waals surface area contributed by atoms with Gasteiger partial charge in [-0.25, -0.2) is 4.98 Å². The number of aromatic nitrogens is 3. The summed E-state index contributed by atoms with van der Waals surface area (Å²) in [7, 11) is 1.87. The fourth-order valence-corrected chi connectivity index (χ4v) is 2.73. The van der Waals surface area contributed by atoms with E-state index in [1.807, 2.05) is 73.3 Å². The van der Waals surface area contributed by atoms with Gasteiger partial charge >= 0.3 is 0 Å². The van der Waals surface area contributed by atoms with E-state index >= 15 is 0 Å². The van der Waals surface area contributed by atoms with Gasteiger partial charge in [0.2, 0.25) is 0 Å². The average Bonchev–Trinajstić information content (AvgIpc) is 3.06. The number of fused-ring (bicyclic) bond motifs is 1. The van der Waals surface area contributed by atoms with Crippen LogP contribution >= 0.6 is 0 Å². The van der Waals surface area contributed by atoms with Crippen LogP contribution in [0.15, 0.2) is 67.0 Å². The van der Waals surface area contributed by atoms with Crippen molar-refractivity contribution in [3.05, 3.63) is 78.2 Å². The Balaban J connectivity index is 1.57. The fourth-order valence-electron chi connectivity index (χ4n) is 2.73. The molecule has 0 unspecified atom stereocenters. The summed E-state index contributed by atoms with van der Waals surface area (Å²) in [5, 5.41) is 2.86. The summed E-state index contributed by atoms with van der Waals surface area (Å²) in [5.41, 5.74) is 3.28. The highest BCUT2D eigenvalue weighted by Crippen LogP contribution is 2.28. The second-order valence-corrected chi connectivity index (χ2v) is 6.24. The molecule has 4 rings (SSSR count). The SMILES string of the molecule is Cc1ccc(NC(=O)c2cnc3ccn(C)c3n2)cc1Oc1ccccc1. The van der Waals surface area contributed by atoms with Gasteiger partial charge in [-0.15, -0.1) is 0 Å². The number of anilines is 1. The Labute approximate surface area is 156 Å². The van der Waals surface area contributed by atoms with Crippen LogP contribution in [0, 0.1) is 6.92 Å². The molecule has 2 heterocycles. The first kappa shape index (κ1) is 16.8. The first-order valence-corrected chi connectivity index (χ1v) is 8.53. The van der Waals surface area contributed by atoms with Gasteiger partial charge in [-0.05, 0) is 36.8 Å². The predicted octanol–water partition coefficient (Wildman–Crippen LogP) is 4.32. The van der Waals surface area contributed by atoms with Crippen molar-refractivity contribution < 1.29 is 9.53 Å². The quantitative estimate of drug-likeness (QED) is 0.590. The highest BCUT2D eigenvalue weighted by atomic mass is 16.5. The molecule has 2 aromatic heterocycles. The van der Waals surface area contributed by atoms with E-state index in [-0.39, 0.29) is 11.6 Å². The number of nitrogens with zero attached hydrogens (tertiary/aromatic N) is 3. The minimum atomic E-state index is -0.319. The number of aryl methyl sites for hydroxylation is 2. The van der Waals surface area contributed by atoms with Gasteiger partial charge < -0.3 is 14.6 Å². The third-order valence-electron chi connectivity index (χ3n) is 4.22. The summed E-state index contributed by atoms with van der Waals surface area (Å²) >= 11 is 0. The molecule has 1 amide bonds. The second-order valence-electron chi connectivity index (χ2n) is 6.24. The van der Waals surface area contributed by atoms with Crippen molar-refractivity contribution >= 4 is 22.8 Å². The van der Waals surface area contributed by atoms with Crippen LogP contribution in [-0.2, 0) is 7.05 Å². The van der Waals surface area contributed by atoms with Crippen molar-refractivity contribution in [3.8, 4) is 11.5 Å². The molecule has 0 atom stereocenters. The second kappa shape index (κ2) is 6.92. The third-order valence-corrected chi connectivity index (χ3v) is 4.22. The van der Waals surface area contributed by atoms with E-state index in [1.54, 1.807) is 6.07 Å². The van der Waals surface area contributed by atoms with Crippen molar-refractivity contribution in [2.24, 2.45) is 7.05 Å². The molecule has 0 bridgehead atoms. The molecular formula is C21H18N4O2. The molecule has 27 heavy (non-hydrogen) atoms. The van der Waals surface area contributed by atoms with Gasteiger partial charge in [-0.1, -0.05) is 24.3 Å². The van der Waals surface area contributed by atoms with E-state index in [2.05, 4.69) is 15.3 Å². The largest absolute Gasteiger partial charge is 0.457 e. The molecule has 0 aliphatic heterocycles. The Hall–Kier alpha value is -3.67. The Morgan fingerprint density at radius 3 is 2.74 bits per heavy atom. The van der Waals surface area contributed by atoms with Crippen LogP contribution in [0.25, 0.3) is 11.2 Å². The molecule has 6 heteroatoms. The van der Waals surface area contributed by atoms with Crippen molar-refractivity contribution in [1.82, 2.24) is 14.5 Å². The molecule has 134 valence electrons. The smallest absolute Gasteiger partial charge is 0.275 e. The lowest BCUT2D eigenvalue weighted by Crippen LogP contribution is -2.14. The summed E-state index contributed by atoms with van der Waals surface area (Å²) in [6, 6.07) is 16.9. The Bertz CT molecular complexity index is 1120. The zero-order valence-electron chi connectivity index (χ0n) is 15.0. The molecule has 0 spiro atoms. The molecule has 0 saturated carbocycles. The lowest BCUT2D eigenvalue weighted by Gasteiger charge is -2.11. The van der Waals surface area contributed by atoms with Crippen molar-refractivity contribution in [1.29, 1.82) is 0 Å². The van der Waals surface area contributed by atoms with E-state index in [0.717, 1.165) is 16.8 Å². The molecule has 0 aliphatic carbocycles. The molecule has 1 N–H and O–H groups in total. The van der Waals surface area contributed by atoms with Crippen LogP contribution in [0.4, 0.5) is 5.69 Å². The van der Waals surface area contributed by atoms with Crippen LogP contribution in [0.3, 0.4) is 0 Å². The number of benzene rings is 2. The van der Waals surface area contributed by atoms with Gasteiger partial charge in [0.05, 0.1) is 6.20 Å². The van der Waals surface area contributed by atoms with Gasteiger partial charge in [-0.2, -0.15) is 0 Å². The Morgan fingerprint density at radius 1 is 1.11 bits per heavy atom. The molecule has 0 fully saturated rings. The third kappa shape index (κ3) is 3.50. The minimum absolute atomic E-state index is 0.260. The van der Waals surface area contributed by atoms with Gasteiger partial charge in [0.15, 0.2) is 5.65 Å². The number of carbonyl (C=O) groups excluding carboxylic acids is 1. The normalized spacial score (nSPS) is 10.7. The molecule has 0 radical (unpaired) electrons. The van der Waals surface area contributed by atoms with Gasteiger partial charge in [-0.3, -0.25) is 9.78 Å². The zero-order valence-corrected chi connectivity index (χ0v) is 15.0. The lowest BCUT2D eigenvalue weighted by atomic mass is 10.2. The first-order valence-electron chi connectivity index (χ1n) is 8.53. The summed E-state index contributed by atoms with van der Waals surface area (Å²) in [5.74, 6) is 1.10. The predicted molar refractivity (Wildman–Crippen MR) is 104 cm³/mol. The Morgan fingerprint density at radius 2 is 1.93 bits per heavy atom.